The van der Waals surface area contributed by atoms with Gasteiger partial charge in [-0.05, 0) is 24.3 Å². The van der Waals surface area contributed by atoms with E-state index in [1.807, 2.05) is 6.07 Å². The molecule has 0 saturated carbocycles. The molecule has 1 aromatic heterocycles. The van der Waals surface area contributed by atoms with Crippen LogP contribution in [0.5, 0.6) is 11.5 Å². The van der Waals surface area contributed by atoms with Gasteiger partial charge in [0.05, 0.1) is 26.1 Å². The molecular formula is C17H19N3O3. The Balaban J connectivity index is 2.10. The number of rotatable bonds is 7. The molecule has 0 saturated heterocycles. The molecule has 1 amide bonds. The van der Waals surface area contributed by atoms with Crippen molar-refractivity contribution in [1.82, 2.24) is 4.98 Å². The first-order valence-electron chi connectivity index (χ1n) is 7.01. The second-order valence-electron chi connectivity index (χ2n) is 4.66. The van der Waals surface area contributed by atoms with Crippen molar-refractivity contribution in [3.05, 3.63) is 54.7 Å². The monoisotopic (exact) mass is 313 g/mol. The molecule has 0 spiro atoms. The number of methoxy groups -OCH3 is 2. The van der Waals surface area contributed by atoms with Crippen LogP contribution >= 0.6 is 0 Å². The van der Waals surface area contributed by atoms with Crippen LogP contribution in [0.25, 0.3) is 0 Å². The quantitative estimate of drug-likeness (QED) is 0.769. The smallest absolute Gasteiger partial charge is 0.257 e. The summed E-state index contributed by atoms with van der Waals surface area (Å²) >= 11 is 0. The first kappa shape index (κ1) is 16.4. The van der Waals surface area contributed by atoms with Gasteiger partial charge in [-0.25, -0.2) is 4.98 Å². The summed E-state index contributed by atoms with van der Waals surface area (Å²) in [5, 5.41) is 5.85. The molecule has 0 aliphatic heterocycles. The van der Waals surface area contributed by atoms with Gasteiger partial charge < -0.3 is 20.1 Å². The summed E-state index contributed by atoms with van der Waals surface area (Å²) in [4.78, 5) is 16.5. The largest absolute Gasteiger partial charge is 0.497 e. The third kappa shape index (κ3) is 4.47. The summed E-state index contributed by atoms with van der Waals surface area (Å²) in [6, 6.07) is 8.53. The van der Waals surface area contributed by atoms with Gasteiger partial charge in [-0.2, -0.15) is 0 Å². The second kappa shape index (κ2) is 7.84. The average Bonchev–Trinajstić information content (AvgIpc) is 2.60. The Bertz CT molecular complexity index is 662. The van der Waals surface area contributed by atoms with Crippen LogP contribution in [0.2, 0.25) is 0 Å². The van der Waals surface area contributed by atoms with E-state index in [0.29, 0.717) is 29.4 Å². The number of amides is 1. The normalized spacial score (nSPS) is 9.83. The lowest BCUT2D eigenvalue weighted by molar-refractivity contribution is 0.102. The summed E-state index contributed by atoms with van der Waals surface area (Å²) in [6.07, 6.45) is 3.40. The average molecular weight is 313 g/mol. The number of hydrogen-bond acceptors (Lipinski definition) is 5. The fourth-order valence-corrected chi connectivity index (χ4v) is 1.89. The van der Waals surface area contributed by atoms with Crippen LogP contribution in [0.1, 0.15) is 10.4 Å². The molecule has 2 rings (SSSR count). The molecule has 1 heterocycles. The molecule has 2 aromatic rings. The highest BCUT2D eigenvalue weighted by molar-refractivity contribution is 6.04. The number of nitrogens with zero attached hydrogens (tertiary/aromatic N) is 1. The van der Waals surface area contributed by atoms with E-state index in [4.69, 9.17) is 9.47 Å². The Morgan fingerprint density at radius 1 is 1.22 bits per heavy atom. The van der Waals surface area contributed by atoms with Crippen LogP contribution < -0.4 is 20.1 Å². The Hall–Kier alpha value is -3.02. The van der Waals surface area contributed by atoms with E-state index >= 15 is 0 Å². The van der Waals surface area contributed by atoms with Crippen molar-refractivity contribution >= 4 is 17.4 Å². The van der Waals surface area contributed by atoms with Crippen LogP contribution in [-0.4, -0.2) is 31.7 Å². The van der Waals surface area contributed by atoms with E-state index in [1.54, 1.807) is 36.5 Å². The number of benzene rings is 1. The van der Waals surface area contributed by atoms with E-state index in [1.165, 1.54) is 14.2 Å². The van der Waals surface area contributed by atoms with Crippen LogP contribution in [0.15, 0.2) is 49.2 Å². The predicted octanol–water partition coefficient (Wildman–Crippen LogP) is 2.95. The molecule has 0 radical (unpaired) electrons. The number of carbonyl (C=O) groups excluding carboxylic acids is 1. The molecule has 6 nitrogen and oxygen atoms in total. The zero-order valence-corrected chi connectivity index (χ0v) is 13.1. The fourth-order valence-electron chi connectivity index (χ4n) is 1.89. The van der Waals surface area contributed by atoms with Crippen LogP contribution in [0, 0.1) is 0 Å². The van der Waals surface area contributed by atoms with Crippen LogP contribution in [0.4, 0.5) is 11.5 Å². The lowest BCUT2D eigenvalue weighted by atomic mass is 10.2. The summed E-state index contributed by atoms with van der Waals surface area (Å²) in [7, 11) is 3.07. The number of anilines is 2. The number of hydrogen-bond donors (Lipinski definition) is 2. The maximum absolute atomic E-state index is 12.3. The van der Waals surface area contributed by atoms with Gasteiger partial charge >= 0.3 is 0 Å². The molecular weight excluding hydrogens is 294 g/mol. The molecule has 0 aliphatic rings. The van der Waals surface area contributed by atoms with E-state index in [9.17, 15) is 4.79 Å². The summed E-state index contributed by atoms with van der Waals surface area (Å²) in [5.74, 6) is 1.26. The highest BCUT2D eigenvalue weighted by atomic mass is 16.5. The van der Waals surface area contributed by atoms with Crippen molar-refractivity contribution in [2.24, 2.45) is 0 Å². The third-order valence-electron chi connectivity index (χ3n) is 3.07. The van der Waals surface area contributed by atoms with Gasteiger partial charge in [-0.15, -0.1) is 6.58 Å². The minimum atomic E-state index is -0.290. The third-order valence-corrected chi connectivity index (χ3v) is 3.07. The number of carbonyl (C=O) groups is 1. The zero-order valence-electron chi connectivity index (χ0n) is 13.1. The summed E-state index contributed by atoms with van der Waals surface area (Å²) in [5.41, 5.74) is 1.28. The van der Waals surface area contributed by atoms with Gasteiger partial charge in [0.1, 0.15) is 17.3 Å². The van der Waals surface area contributed by atoms with Gasteiger partial charge in [0.25, 0.3) is 5.91 Å². The highest BCUT2D eigenvalue weighted by Gasteiger charge is 2.10. The molecule has 6 heteroatoms. The van der Waals surface area contributed by atoms with E-state index in [0.717, 1.165) is 5.69 Å². The lowest BCUT2D eigenvalue weighted by Gasteiger charge is -2.09. The Morgan fingerprint density at radius 3 is 2.43 bits per heavy atom. The van der Waals surface area contributed by atoms with Gasteiger partial charge in [0.15, 0.2) is 0 Å². The molecule has 0 aliphatic carbocycles. The summed E-state index contributed by atoms with van der Waals surface area (Å²) in [6.45, 7) is 4.28. The summed E-state index contributed by atoms with van der Waals surface area (Å²) < 4.78 is 10.3. The van der Waals surface area contributed by atoms with Crippen molar-refractivity contribution in [3.63, 3.8) is 0 Å². The molecule has 0 bridgehead atoms. The second-order valence-corrected chi connectivity index (χ2v) is 4.66. The molecule has 1 aromatic carbocycles. The van der Waals surface area contributed by atoms with Crippen molar-refractivity contribution in [2.75, 3.05) is 31.4 Å². The SMILES string of the molecule is C=CCNc1ccc(NC(=O)c2cc(OC)cc(OC)c2)nc1. The number of aromatic nitrogens is 1. The maximum Gasteiger partial charge on any atom is 0.257 e. The number of nitrogens with one attached hydrogen (secondary N) is 2. The number of ether oxygens (including phenoxy) is 2. The maximum atomic E-state index is 12.3. The van der Waals surface area contributed by atoms with Gasteiger partial charge in [-0.1, -0.05) is 6.08 Å². The molecule has 0 fully saturated rings. The molecule has 23 heavy (non-hydrogen) atoms. The standard InChI is InChI=1S/C17H19N3O3/c1-4-7-18-13-5-6-16(19-11-13)20-17(21)12-8-14(22-2)10-15(9-12)23-3/h4-6,8-11,18H,1,7H2,2-3H3,(H,19,20,21). The molecule has 0 unspecified atom stereocenters. The first-order valence-corrected chi connectivity index (χ1v) is 7.01. The number of pyridine rings is 1. The fraction of sp³-hybridized carbons (Fsp3) is 0.176. The zero-order chi connectivity index (χ0) is 16.7. The van der Waals surface area contributed by atoms with Crippen LogP contribution in [-0.2, 0) is 0 Å². The van der Waals surface area contributed by atoms with Crippen molar-refractivity contribution in [2.45, 2.75) is 0 Å². The van der Waals surface area contributed by atoms with Crippen molar-refractivity contribution < 1.29 is 14.3 Å². The molecule has 2 N–H and O–H groups in total. The van der Waals surface area contributed by atoms with Crippen LogP contribution in [0.3, 0.4) is 0 Å². The minimum absolute atomic E-state index is 0.290. The Kier molecular flexibility index (Phi) is 5.57. The first-order chi connectivity index (χ1) is 11.2. The molecule has 120 valence electrons. The van der Waals surface area contributed by atoms with Crippen molar-refractivity contribution in [1.29, 1.82) is 0 Å². The highest BCUT2D eigenvalue weighted by Crippen LogP contribution is 2.23. The van der Waals surface area contributed by atoms with Gasteiger partial charge in [0, 0.05) is 18.2 Å². The Labute approximate surface area is 135 Å². The Morgan fingerprint density at radius 2 is 1.91 bits per heavy atom. The lowest BCUT2D eigenvalue weighted by Crippen LogP contribution is -2.13. The van der Waals surface area contributed by atoms with E-state index < -0.39 is 0 Å². The van der Waals surface area contributed by atoms with Gasteiger partial charge in [-0.3, -0.25) is 4.79 Å². The van der Waals surface area contributed by atoms with E-state index in [-0.39, 0.29) is 5.91 Å². The molecule has 0 atom stereocenters. The topological polar surface area (TPSA) is 72.5 Å². The van der Waals surface area contributed by atoms with Gasteiger partial charge in [0.2, 0.25) is 0 Å². The predicted molar refractivity (Wildman–Crippen MR) is 90.4 cm³/mol. The van der Waals surface area contributed by atoms with Crippen molar-refractivity contribution in [3.8, 4) is 11.5 Å². The minimum Gasteiger partial charge on any atom is -0.497 e. The van der Waals surface area contributed by atoms with E-state index in [2.05, 4.69) is 22.2 Å².